The number of aryl methyl sites for hydroxylation is 1. The largest absolute Gasteiger partial charge is 0.433 e. The molecule has 3 N–H and O–H groups in total. The van der Waals surface area contributed by atoms with E-state index >= 15 is 0 Å². The first-order valence-corrected chi connectivity index (χ1v) is 9.65. The van der Waals surface area contributed by atoms with Crippen molar-refractivity contribution >= 4 is 28.9 Å². The summed E-state index contributed by atoms with van der Waals surface area (Å²) >= 11 is 1.16. The van der Waals surface area contributed by atoms with Gasteiger partial charge >= 0.3 is 6.18 Å². The molecule has 158 valence electrons. The number of nitrogens with zero attached hydrogens (tertiary/aromatic N) is 3. The smallest absolute Gasteiger partial charge is 0.392 e. The van der Waals surface area contributed by atoms with Crippen LogP contribution >= 0.6 is 11.3 Å². The zero-order valence-electron chi connectivity index (χ0n) is 16.0. The molecule has 11 heteroatoms. The Bertz CT molecular complexity index is 1050. The van der Waals surface area contributed by atoms with Gasteiger partial charge < -0.3 is 15.7 Å². The minimum Gasteiger partial charge on any atom is -0.392 e. The lowest BCUT2D eigenvalue weighted by Crippen LogP contribution is -2.30. The van der Waals surface area contributed by atoms with Gasteiger partial charge in [0.2, 0.25) is 5.95 Å². The molecular formula is C19H18F3N5O2S. The molecule has 0 aliphatic heterocycles. The molecular weight excluding hydrogens is 419 g/mol. The first kappa shape index (κ1) is 21.7. The van der Waals surface area contributed by atoms with Crippen LogP contribution in [0.15, 0.2) is 36.7 Å². The molecule has 7 nitrogen and oxygen atoms in total. The van der Waals surface area contributed by atoms with E-state index in [1.165, 1.54) is 0 Å². The van der Waals surface area contributed by atoms with Crippen LogP contribution in [0.5, 0.6) is 0 Å². The Morgan fingerprint density at radius 1 is 1.27 bits per heavy atom. The Labute approximate surface area is 174 Å². The lowest BCUT2D eigenvalue weighted by atomic mass is 10.1. The third kappa shape index (κ3) is 5.51. The number of carbonyl (C=O) groups excluding carboxylic acids is 1. The van der Waals surface area contributed by atoms with Gasteiger partial charge in [0.25, 0.3) is 5.91 Å². The average Bonchev–Trinajstić information content (AvgIpc) is 3.15. The monoisotopic (exact) mass is 437 g/mol. The predicted molar refractivity (Wildman–Crippen MR) is 107 cm³/mol. The van der Waals surface area contributed by atoms with Crippen molar-refractivity contribution in [3.63, 3.8) is 0 Å². The number of benzene rings is 1. The number of halogens is 3. The van der Waals surface area contributed by atoms with Crippen LogP contribution in [0.3, 0.4) is 0 Å². The number of amides is 1. The van der Waals surface area contributed by atoms with E-state index in [2.05, 4.69) is 25.6 Å². The maximum Gasteiger partial charge on any atom is 0.433 e. The van der Waals surface area contributed by atoms with E-state index in [1.807, 2.05) is 13.0 Å². The lowest BCUT2D eigenvalue weighted by molar-refractivity contribution is -0.141. The summed E-state index contributed by atoms with van der Waals surface area (Å²) in [5.41, 5.74) is 1.04. The highest BCUT2D eigenvalue weighted by molar-refractivity contribution is 7.17. The number of aliphatic hydroxyl groups is 1. The lowest BCUT2D eigenvalue weighted by Gasteiger charge is -2.10. The topological polar surface area (TPSA) is 100 Å². The normalized spacial score (nSPS) is 12.5. The van der Waals surface area contributed by atoms with E-state index in [0.717, 1.165) is 34.7 Å². The second-order valence-electron chi connectivity index (χ2n) is 6.56. The minimum atomic E-state index is -4.56. The Balaban J connectivity index is 1.82. The van der Waals surface area contributed by atoms with Crippen molar-refractivity contribution in [1.82, 2.24) is 20.3 Å². The van der Waals surface area contributed by atoms with E-state index in [-0.39, 0.29) is 17.5 Å². The molecule has 0 bridgehead atoms. The first-order chi connectivity index (χ1) is 14.1. The molecule has 0 aliphatic carbocycles. The van der Waals surface area contributed by atoms with E-state index in [9.17, 15) is 23.1 Å². The molecule has 0 radical (unpaired) electrons. The highest BCUT2D eigenvalue weighted by atomic mass is 32.1. The fourth-order valence-corrected chi connectivity index (χ4v) is 3.35. The molecule has 2 heterocycles. The van der Waals surface area contributed by atoms with Gasteiger partial charge in [0, 0.05) is 24.6 Å². The average molecular weight is 437 g/mol. The number of hydrogen-bond acceptors (Lipinski definition) is 7. The van der Waals surface area contributed by atoms with Crippen LogP contribution < -0.4 is 10.6 Å². The molecule has 0 saturated heterocycles. The molecule has 3 aromatic rings. The van der Waals surface area contributed by atoms with Gasteiger partial charge in [0.15, 0.2) is 5.01 Å². The van der Waals surface area contributed by atoms with E-state index in [0.29, 0.717) is 10.6 Å². The SMILES string of the molecule is Cc1cc(Nc2nccc(C(F)(F)F)n2)cc(-c2cnc(C(=O)NCC(C)O)s2)c1. The van der Waals surface area contributed by atoms with E-state index in [4.69, 9.17) is 0 Å². The number of nitrogens with one attached hydrogen (secondary N) is 2. The van der Waals surface area contributed by atoms with Gasteiger partial charge in [-0.3, -0.25) is 4.79 Å². The Kier molecular flexibility index (Phi) is 6.32. The highest BCUT2D eigenvalue weighted by Crippen LogP contribution is 2.31. The minimum absolute atomic E-state index is 0.114. The Hall–Kier alpha value is -3.05. The van der Waals surface area contributed by atoms with Crippen LogP contribution in [-0.2, 0) is 6.18 Å². The number of aliphatic hydroxyl groups excluding tert-OH is 1. The Morgan fingerprint density at radius 2 is 2.03 bits per heavy atom. The van der Waals surface area contributed by atoms with Gasteiger partial charge in [-0.25, -0.2) is 15.0 Å². The maximum absolute atomic E-state index is 12.9. The van der Waals surface area contributed by atoms with Crippen LogP contribution in [0.1, 0.15) is 28.0 Å². The molecule has 3 rings (SSSR count). The summed E-state index contributed by atoms with van der Waals surface area (Å²) in [6.45, 7) is 3.51. The van der Waals surface area contributed by atoms with Crippen LogP contribution in [0.4, 0.5) is 24.8 Å². The molecule has 1 atom stereocenters. The fourth-order valence-electron chi connectivity index (χ4n) is 2.53. The van der Waals surface area contributed by atoms with Gasteiger partial charge in [0.1, 0.15) is 5.69 Å². The third-order valence-electron chi connectivity index (χ3n) is 3.82. The molecule has 2 aromatic heterocycles. The Morgan fingerprint density at radius 3 is 2.73 bits per heavy atom. The zero-order chi connectivity index (χ0) is 21.9. The van der Waals surface area contributed by atoms with Crippen LogP contribution in [0, 0.1) is 6.92 Å². The molecule has 0 saturated carbocycles. The van der Waals surface area contributed by atoms with Gasteiger partial charge in [-0.15, -0.1) is 11.3 Å². The van der Waals surface area contributed by atoms with Crippen molar-refractivity contribution in [3.05, 3.63) is 52.9 Å². The van der Waals surface area contributed by atoms with Crippen molar-refractivity contribution in [1.29, 1.82) is 0 Å². The number of thiazole rings is 1. The molecule has 1 unspecified atom stereocenters. The van der Waals surface area contributed by atoms with E-state index < -0.39 is 23.9 Å². The van der Waals surface area contributed by atoms with Gasteiger partial charge in [-0.05, 0) is 43.2 Å². The number of alkyl halides is 3. The van der Waals surface area contributed by atoms with Crippen LogP contribution in [0.25, 0.3) is 10.4 Å². The molecule has 0 fully saturated rings. The van der Waals surface area contributed by atoms with Crippen molar-refractivity contribution in [2.75, 3.05) is 11.9 Å². The third-order valence-corrected chi connectivity index (χ3v) is 4.87. The second kappa shape index (κ2) is 8.76. The van der Waals surface area contributed by atoms with Gasteiger partial charge in [0.05, 0.1) is 11.0 Å². The summed E-state index contributed by atoms with van der Waals surface area (Å²) in [6, 6.07) is 6.11. The maximum atomic E-state index is 12.9. The van der Waals surface area contributed by atoms with Crippen LogP contribution in [-0.4, -0.2) is 38.6 Å². The highest BCUT2D eigenvalue weighted by Gasteiger charge is 2.32. The predicted octanol–water partition coefficient (Wildman–Crippen LogP) is 3.78. The molecule has 30 heavy (non-hydrogen) atoms. The summed E-state index contributed by atoms with van der Waals surface area (Å²) in [5.74, 6) is -0.570. The number of aromatic nitrogens is 3. The van der Waals surface area contributed by atoms with Gasteiger partial charge in [-0.1, -0.05) is 6.07 Å². The van der Waals surface area contributed by atoms with Crippen molar-refractivity contribution in [2.45, 2.75) is 26.1 Å². The van der Waals surface area contributed by atoms with Crippen LogP contribution in [0.2, 0.25) is 0 Å². The van der Waals surface area contributed by atoms with Crippen molar-refractivity contribution in [3.8, 4) is 10.4 Å². The molecule has 1 aromatic carbocycles. The fraction of sp³-hybridized carbons (Fsp3) is 0.263. The second-order valence-corrected chi connectivity index (χ2v) is 7.60. The zero-order valence-corrected chi connectivity index (χ0v) is 16.8. The molecule has 0 aliphatic rings. The van der Waals surface area contributed by atoms with Crippen molar-refractivity contribution in [2.24, 2.45) is 0 Å². The van der Waals surface area contributed by atoms with E-state index in [1.54, 1.807) is 25.3 Å². The van der Waals surface area contributed by atoms with Gasteiger partial charge in [-0.2, -0.15) is 13.2 Å². The standard InChI is InChI=1S/C19H18F3N5O2S/c1-10-5-12(14-9-25-17(30-14)16(29)24-8-11(2)28)7-13(6-10)26-18-23-4-3-15(27-18)19(20,21)22/h3-7,9,11,28H,8H2,1-2H3,(H,24,29)(H,23,26,27). The summed E-state index contributed by atoms with van der Waals surface area (Å²) in [4.78, 5) is 24.2. The molecule has 0 spiro atoms. The van der Waals surface area contributed by atoms with Crippen molar-refractivity contribution < 1.29 is 23.1 Å². The molecule has 1 amide bonds. The number of carbonyl (C=O) groups is 1. The summed E-state index contributed by atoms with van der Waals surface area (Å²) in [6.07, 6.45) is -2.65. The summed E-state index contributed by atoms with van der Waals surface area (Å²) < 4.78 is 38.6. The summed E-state index contributed by atoms with van der Waals surface area (Å²) in [7, 11) is 0. The number of anilines is 2. The summed E-state index contributed by atoms with van der Waals surface area (Å²) in [5, 5.41) is 14.9. The number of hydrogen-bond donors (Lipinski definition) is 3. The quantitative estimate of drug-likeness (QED) is 0.543. The first-order valence-electron chi connectivity index (χ1n) is 8.83. The number of rotatable bonds is 6.